The molecule has 1 N–H and O–H groups in total. The van der Waals surface area contributed by atoms with Gasteiger partial charge in [-0.25, -0.2) is 4.79 Å². The van der Waals surface area contributed by atoms with Gasteiger partial charge in [0.2, 0.25) is 5.91 Å². The molecular weight excluding hydrogens is 490 g/mol. The van der Waals surface area contributed by atoms with E-state index in [4.69, 9.17) is 21.1 Å². The third-order valence-electron chi connectivity index (χ3n) is 9.15. The molecule has 1 amide bonds. The Morgan fingerprint density at radius 2 is 1.92 bits per heavy atom. The summed E-state index contributed by atoms with van der Waals surface area (Å²) in [5.74, 6) is 2.01. The minimum atomic E-state index is -0.476. The molecule has 2 aromatic carbocycles. The lowest BCUT2D eigenvalue weighted by Crippen LogP contribution is -2.62. The van der Waals surface area contributed by atoms with E-state index in [0.29, 0.717) is 53.2 Å². The minimum absolute atomic E-state index is 0.0504. The summed E-state index contributed by atoms with van der Waals surface area (Å²) in [6.45, 7) is 1.12. The molecule has 6 nitrogen and oxygen atoms in total. The summed E-state index contributed by atoms with van der Waals surface area (Å²) in [5, 5.41) is 11.5. The zero-order chi connectivity index (χ0) is 25.7. The molecule has 2 aromatic rings. The van der Waals surface area contributed by atoms with Crippen LogP contribution in [0.5, 0.6) is 5.75 Å². The second-order valence-electron chi connectivity index (χ2n) is 11.6. The molecule has 37 heavy (non-hydrogen) atoms. The number of halogens is 1. The van der Waals surface area contributed by atoms with E-state index in [1.807, 2.05) is 18.2 Å². The minimum Gasteiger partial charge on any atom is -0.489 e. The van der Waals surface area contributed by atoms with Gasteiger partial charge in [0.25, 0.3) is 0 Å². The van der Waals surface area contributed by atoms with Crippen LogP contribution in [-0.2, 0) is 22.6 Å². The van der Waals surface area contributed by atoms with E-state index in [1.54, 1.807) is 24.3 Å². The number of nitrogens with zero attached hydrogens (tertiary/aromatic N) is 1. The van der Waals surface area contributed by atoms with Gasteiger partial charge in [-0.05, 0) is 98.1 Å². The van der Waals surface area contributed by atoms with Crippen LogP contribution >= 0.6 is 11.6 Å². The van der Waals surface area contributed by atoms with Crippen molar-refractivity contribution in [1.29, 1.82) is 0 Å². The maximum Gasteiger partial charge on any atom is 0.337 e. The number of ether oxygens (including phenoxy) is 2. The highest BCUT2D eigenvalue weighted by Crippen LogP contribution is 2.57. The number of hydrogen-bond donors (Lipinski definition) is 1. The van der Waals surface area contributed by atoms with E-state index in [9.17, 15) is 14.7 Å². The lowest BCUT2D eigenvalue weighted by Gasteiger charge is -2.59. The third-order valence-corrected chi connectivity index (χ3v) is 9.50. The molecule has 4 saturated carbocycles. The van der Waals surface area contributed by atoms with Gasteiger partial charge in [0.05, 0.1) is 18.3 Å². The number of hydrogen-bond acceptors (Lipinski definition) is 5. The number of likely N-dealkylation sites (tertiary alicyclic amines) is 1. The number of rotatable bonds is 7. The fourth-order valence-corrected chi connectivity index (χ4v) is 8.08. The van der Waals surface area contributed by atoms with Crippen LogP contribution in [0, 0.1) is 23.7 Å². The van der Waals surface area contributed by atoms with Crippen molar-refractivity contribution in [1.82, 2.24) is 4.90 Å². The first kappa shape index (κ1) is 24.7. The molecule has 1 heterocycles. The standard InChI is InChI=1S/C30H34ClNO5/c1-36-29(34)22-4-2-3-18(9-22)17-37-25-6-5-20(26(31)13-25)12-21-7-8-32(28(21)33)27-23-10-19-11-24(27)16-30(35,14-19)15-23/h2-6,9,13,19,21,23-24,27,35H,7-8,10-12,14-17H2,1H3. The van der Waals surface area contributed by atoms with Gasteiger partial charge in [-0.1, -0.05) is 29.8 Å². The van der Waals surface area contributed by atoms with Gasteiger partial charge in [-0.15, -0.1) is 0 Å². The van der Waals surface area contributed by atoms with Gasteiger partial charge < -0.3 is 19.5 Å². The first-order valence-corrected chi connectivity index (χ1v) is 13.8. The van der Waals surface area contributed by atoms with E-state index in [1.165, 1.54) is 7.11 Å². The molecule has 4 aliphatic carbocycles. The van der Waals surface area contributed by atoms with Gasteiger partial charge in [0.1, 0.15) is 12.4 Å². The van der Waals surface area contributed by atoms with Crippen molar-refractivity contribution in [2.24, 2.45) is 23.7 Å². The van der Waals surface area contributed by atoms with E-state index in [-0.39, 0.29) is 17.8 Å². The zero-order valence-electron chi connectivity index (χ0n) is 21.2. The highest BCUT2D eigenvalue weighted by molar-refractivity contribution is 6.31. The normalized spacial score (nSPS) is 32.1. The molecule has 196 valence electrons. The molecule has 4 bridgehead atoms. The Morgan fingerprint density at radius 3 is 2.62 bits per heavy atom. The quantitative estimate of drug-likeness (QED) is 0.515. The van der Waals surface area contributed by atoms with Crippen molar-refractivity contribution >= 4 is 23.5 Å². The van der Waals surface area contributed by atoms with E-state index >= 15 is 0 Å². The summed E-state index contributed by atoms with van der Waals surface area (Å²) in [6, 6.07) is 13.1. The SMILES string of the molecule is COC(=O)c1cccc(COc2ccc(CC3CCN(C4C5CC6CC4CC(O)(C6)C5)C3=O)c(Cl)c2)c1. The Bertz CT molecular complexity index is 1200. The number of carbonyl (C=O) groups excluding carboxylic acids is 2. The van der Waals surface area contributed by atoms with Crippen molar-refractivity contribution in [2.45, 2.75) is 63.2 Å². The summed E-state index contributed by atoms with van der Waals surface area (Å²) < 4.78 is 10.7. The van der Waals surface area contributed by atoms with Crippen molar-refractivity contribution in [3.63, 3.8) is 0 Å². The predicted molar refractivity (Wildman–Crippen MR) is 139 cm³/mol. The highest BCUT2D eigenvalue weighted by atomic mass is 35.5. The Kier molecular flexibility index (Phi) is 6.44. The Balaban J connectivity index is 1.08. The van der Waals surface area contributed by atoms with Crippen LogP contribution < -0.4 is 4.74 Å². The smallest absolute Gasteiger partial charge is 0.337 e. The number of carbonyl (C=O) groups is 2. The topological polar surface area (TPSA) is 76.1 Å². The van der Waals surface area contributed by atoms with Gasteiger partial charge in [-0.2, -0.15) is 0 Å². The largest absolute Gasteiger partial charge is 0.489 e. The molecule has 0 aromatic heterocycles. The molecule has 1 saturated heterocycles. The molecule has 7 heteroatoms. The second-order valence-corrected chi connectivity index (χ2v) is 12.0. The summed E-state index contributed by atoms with van der Waals surface area (Å²) in [4.78, 5) is 27.4. The van der Waals surface area contributed by atoms with Crippen molar-refractivity contribution < 1.29 is 24.2 Å². The van der Waals surface area contributed by atoms with Crippen LogP contribution in [0.3, 0.4) is 0 Å². The fourth-order valence-electron chi connectivity index (χ4n) is 7.83. The summed E-state index contributed by atoms with van der Waals surface area (Å²) in [7, 11) is 1.36. The van der Waals surface area contributed by atoms with Gasteiger partial charge in [-0.3, -0.25) is 4.79 Å². The van der Waals surface area contributed by atoms with Crippen molar-refractivity contribution in [3.8, 4) is 5.75 Å². The number of amides is 1. The maximum atomic E-state index is 13.5. The molecule has 5 fully saturated rings. The number of methoxy groups -OCH3 is 1. The van der Waals surface area contributed by atoms with Crippen molar-refractivity contribution in [2.75, 3.05) is 13.7 Å². The van der Waals surface area contributed by atoms with E-state index in [2.05, 4.69) is 4.90 Å². The molecule has 1 aliphatic heterocycles. The molecule has 3 atom stereocenters. The molecule has 0 spiro atoms. The molecule has 3 unspecified atom stereocenters. The lowest BCUT2D eigenvalue weighted by atomic mass is 9.52. The summed E-state index contributed by atoms with van der Waals surface area (Å²) in [6.07, 6.45) is 6.49. The first-order valence-electron chi connectivity index (χ1n) is 13.4. The number of esters is 1. The van der Waals surface area contributed by atoms with E-state index in [0.717, 1.165) is 56.2 Å². The zero-order valence-corrected chi connectivity index (χ0v) is 22.0. The second kappa shape index (κ2) is 9.63. The summed E-state index contributed by atoms with van der Waals surface area (Å²) >= 11 is 6.63. The highest BCUT2D eigenvalue weighted by Gasteiger charge is 2.57. The van der Waals surface area contributed by atoms with Crippen LogP contribution in [-0.4, -0.2) is 47.2 Å². The van der Waals surface area contributed by atoms with Crippen molar-refractivity contribution in [3.05, 3.63) is 64.2 Å². The van der Waals surface area contributed by atoms with Crippen LogP contribution in [0.4, 0.5) is 0 Å². The Hall–Kier alpha value is -2.57. The predicted octanol–water partition coefficient (Wildman–Crippen LogP) is 5.04. The van der Waals surface area contributed by atoms with Gasteiger partial charge in [0.15, 0.2) is 0 Å². The Labute approximate surface area is 222 Å². The fraction of sp³-hybridized carbons (Fsp3) is 0.533. The number of aliphatic hydroxyl groups is 1. The van der Waals surface area contributed by atoms with Crippen LogP contribution in [0.2, 0.25) is 5.02 Å². The molecular formula is C30H34ClNO5. The van der Waals surface area contributed by atoms with Gasteiger partial charge in [0, 0.05) is 23.5 Å². The average Bonchev–Trinajstić information content (AvgIpc) is 3.22. The number of benzene rings is 2. The molecule has 0 radical (unpaired) electrons. The Morgan fingerprint density at radius 1 is 1.14 bits per heavy atom. The van der Waals surface area contributed by atoms with Crippen LogP contribution in [0.15, 0.2) is 42.5 Å². The molecule has 5 aliphatic rings. The average molecular weight is 524 g/mol. The third kappa shape index (κ3) is 4.74. The maximum absolute atomic E-state index is 13.5. The lowest BCUT2D eigenvalue weighted by molar-refractivity contribution is -0.168. The monoisotopic (exact) mass is 523 g/mol. The van der Waals surface area contributed by atoms with E-state index < -0.39 is 5.60 Å². The first-order chi connectivity index (χ1) is 17.8. The van der Waals surface area contributed by atoms with Crippen LogP contribution in [0.1, 0.15) is 60.0 Å². The summed E-state index contributed by atoms with van der Waals surface area (Å²) in [5.41, 5.74) is 1.83. The van der Waals surface area contributed by atoms with Crippen LogP contribution in [0.25, 0.3) is 0 Å². The molecule has 7 rings (SSSR count). The van der Waals surface area contributed by atoms with Gasteiger partial charge >= 0.3 is 5.97 Å².